The summed E-state index contributed by atoms with van der Waals surface area (Å²) in [7, 11) is 0. The number of hydrogen-bond acceptors (Lipinski definition) is 18. The second-order valence-corrected chi connectivity index (χ2v) is 21.5. The van der Waals surface area contributed by atoms with Crippen molar-refractivity contribution in [1.29, 1.82) is 0 Å². The molecule has 5 heterocycles. The minimum absolute atomic E-state index is 0.0683. The molecule has 29 heteroatoms. The van der Waals surface area contributed by atoms with Gasteiger partial charge in [0.2, 0.25) is 23.6 Å². The Labute approximate surface area is 385 Å². The Morgan fingerprint density at radius 2 is 1.82 bits per heavy atom. The minimum atomic E-state index is -4.35. The van der Waals surface area contributed by atoms with Crippen LogP contribution in [0.2, 0.25) is 0 Å². The molecule has 2 saturated heterocycles. The first kappa shape index (κ1) is 49.0. The first-order valence-corrected chi connectivity index (χ1v) is 25.6. The van der Waals surface area contributed by atoms with Crippen LogP contribution in [0.25, 0.3) is 11.2 Å². The van der Waals surface area contributed by atoms with E-state index in [0.29, 0.717) is 17.9 Å². The number of H-pyrrole nitrogens is 1. The third-order valence-electron chi connectivity index (χ3n) is 10.8. The van der Waals surface area contributed by atoms with E-state index in [1.165, 1.54) is 30.1 Å². The fourth-order valence-electron chi connectivity index (χ4n) is 7.51. The minimum Gasteiger partial charge on any atom is -0.474 e. The number of thiol groups is 1. The van der Waals surface area contributed by atoms with E-state index < -0.39 is 110 Å². The number of nitrogens with one attached hydrogen (secondary N) is 5. The number of aromatic amines is 1. The molecule has 7 rings (SSSR count). The predicted octanol–water partition coefficient (Wildman–Crippen LogP) is 1.76. The van der Waals surface area contributed by atoms with Gasteiger partial charge in [0.05, 0.1) is 25.6 Å². The molecule has 1 aliphatic carbocycles. The molecule has 1 saturated carbocycles. The van der Waals surface area contributed by atoms with Crippen molar-refractivity contribution in [2.75, 3.05) is 18.5 Å². The second kappa shape index (κ2) is 20.5. The summed E-state index contributed by atoms with van der Waals surface area (Å²) in [6, 6.07) is 5.59. The first-order chi connectivity index (χ1) is 31.3. The number of carbonyl (C=O) groups excluding carboxylic acids is 3. The van der Waals surface area contributed by atoms with Crippen molar-refractivity contribution in [3.8, 4) is 5.88 Å². The Hall–Kier alpha value is -4.92. The van der Waals surface area contributed by atoms with Crippen LogP contribution in [0.4, 0.5) is 10.7 Å². The molecule has 11 atom stereocenters. The number of imidazole rings is 1. The number of rotatable bonds is 12. The third-order valence-corrected chi connectivity index (χ3v) is 14.0. The lowest BCUT2D eigenvalue weighted by Crippen LogP contribution is -2.54. The van der Waals surface area contributed by atoms with Crippen molar-refractivity contribution in [2.24, 2.45) is 11.8 Å². The molecule has 4 amide bonds. The quantitative estimate of drug-likeness (QED) is 0.0721. The topological polar surface area (TPSA) is 339 Å². The van der Waals surface area contributed by atoms with E-state index >= 15 is 0 Å². The average Bonchev–Trinajstić information content (AvgIpc) is 3.94. The lowest BCUT2D eigenvalue weighted by Gasteiger charge is -2.27. The summed E-state index contributed by atoms with van der Waals surface area (Å²) in [5.41, 5.74) is -0.792. The standard InChI is InChI=1S/C37H46N10O15P2S2/c1-17(2)26(43-37(53)54)33(51)42-18(3)31(49)39-12-19-6-4-5-7-22(19)32(50)45-36-44-30-27(34(52)46-36)41-16-47(30)35-29-28(48)24(60-35)14-58-63(55,65)61-23-11-21(59-25-8-9-38-15-40-25)10-20(23)13-57-64(56,66)62-29/h4-9,15-18,20-21,23-24,26,28-29,35,43,48H,10-14H2,1-3H3,(H,39,49)(H,42,51)(H,53,54)(H,55,65)(H,56,66)(H2,44,45,46,50,52)/t18?,20-,21-,23+,24?,26?,28-,29-,35-,63?,64?/m1/s1. The number of aliphatic hydroxyl groups is 1. The maximum Gasteiger partial charge on any atom is 0.405 e. The molecule has 2 aliphatic heterocycles. The van der Waals surface area contributed by atoms with Gasteiger partial charge < -0.3 is 54.1 Å². The highest BCUT2D eigenvalue weighted by Crippen LogP contribution is 2.58. The maximum atomic E-state index is 13.9. The summed E-state index contributed by atoms with van der Waals surface area (Å²) in [4.78, 5) is 94.0. The summed E-state index contributed by atoms with van der Waals surface area (Å²) in [6.45, 7) is -4.65. The van der Waals surface area contributed by atoms with E-state index in [-0.39, 0.29) is 42.2 Å². The number of aliphatic hydroxyl groups excluding tert-OH is 1. The Bertz CT molecular complexity index is 2610. The smallest absolute Gasteiger partial charge is 0.405 e. The number of carboxylic acid groups (broad SMARTS) is 1. The van der Waals surface area contributed by atoms with Crippen molar-refractivity contribution in [2.45, 2.75) is 89.0 Å². The summed E-state index contributed by atoms with van der Waals surface area (Å²) in [6.07, 6.45) is -4.03. The number of anilines is 1. The van der Waals surface area contributed by atoms with E-state index in [9.17, 15) is 38.5 Å². The zero-order valence-corrected chi connectivity index (χ0v) is 38.7. The van der Waals surface area contributed by atoms with Crippen LogP contribution in [-0.2, 0) is 55.3 Å². The molecule has 356 valence electrons. The van der Waals surface area contributed by atoms with E-state index in [1.54, 1.807) is 38.1 Å². The van der Waals surface area contributed by atoms with Crippen molar-refractivity contribution >= 4 is 78.5 Å². The highest BCUT2D eigenvalue weighted by molar-refractivity contribution is 8.44. The van der Waals surface area contributed by atoms with Gasteiger partial charge in [-0.25, -0.2) is 24.3 Å². The Morgan fingerprint density at radius 1 is 1.05 bits per heavy atom. The van der Waals surface area contributed by atoms with E-state index in [2.05, 4.69) is 58.4 Å². The van der Waals surface area contributed by atoms with Gasteiger partial charge in [-0.2, -0.15) is 4.98 Å². The number of fused-ring (bicyclic) bond motifs is 4. The van der Waals surface area contributed by atoms with Crippen LogP contribution in [0.15, 0.2) is 54.0 Å². The number of aromatic nitrogens is 6. The number of amides is 4. The van der Waals surface area contributed by atoms with Crippen LogP contribution in [-0.4, -0.2) is 124 Å². The van der Waals surface area contributed by atoms with Crippen molar-refractivity contribution in [1.82, 2.24) is 45.4 Å². The predicted molar refractivity (Wildman–Crippen MR) is 236 cm³/mol. The molecule has 25 nitrogen and oxygen atoms in total. The third kappa shape index (κ3) is 11.8. The highest BCUT2D eigenvalue weighted by atomic mass is 32.7. The van der Waals surface area contributed by atoms with Crippen LogP contribution >= 0.6 is 25.8 Å². The fraction of sp³-hybridized carbons (Fsp3) is 0.486. The van der Waals surface area contributed by atoms with E-state index in [1.807, 2.05) is 0 Å². The molecule has 8 N–H and O–H groups in total. The number of nitrogens with zero attached hydrogens (tertiary/aromatic N) is 5. The molecule has 0 spiro atoms. The average molecular weight is 997 g/mol. The van der Waals surface area contributed by atoms with Gasteiger partial charge in [-0.3, -0.25) is 38.6 Å². The van der Waals surface area contributed by atoms with E-state index in [0.717, 1.165) is 6.33 Å². The van der Waals surface area contributed by atoms with Crippen LogP contribution in [0.5, 0.6) is 5.88 Å². The normalized spacial score (nSPS) is 28.7. The van der Waals surface area contributed by atoms with Gasteiger partial charge in [-0.15, -0.1) is 0 Å². The van der Waals surface area contributed by atoms with Crippen LogP contribution < -0.4 is 31.6 Å². The molecule has 3 aromatic heterocycles. The maximum absolute atomic E-state index is 13.9. The van der Waals surface area contributed by atoms with Crippen LogP contribution in [0, 0.1) is 11.8 Å². The zero-order valence-electron chi connectivity index (χ0n) is 35.2. The molecule has 2 bridgehead atoms. The first-order valence-electron chi connectivity index (χ1n) is 20.3. The Balaban J connectivity index is 1.06. The lowest BCUT2D eigenvalue weighted by atomic mass is 10.0. The molecule has 4 aromatic rings. The largest absolute Gasteiger partial charge is 0.474 e. The molecule has 66 heavy (non-hydrogen) atoms. The van der Waals surface area contributed by atoms with Gasteiger partial charge in [0.15, 0.2) is 17.4 Å². The van der Waals surface area contributed by atoms with Gasteiger partial charge in [-0.1, -0.05) is 44.3 Å². The number of benzene rings is 1. The highest BCUT2D eigenvalue weighted by Gasteiger charge is 2.51. The molecular weight excluding hydrogens is 951 g/mol. The summed E-state index contributed by atoms with van der Waals surface area (Å²) in [5, 5.41) is 30.4. The number of carbonyl (C=O) groups is 4. The van der Waals surface area contributed by atoms with Crippen molar-refractivity contribution in [3.63, 3.8) is 0 Å². The van der Waals surface area contributed by atoms with Crippen LogP contribution in [0.1, 0.15) is 55.8 Å². The van der Waals surface area contributed by atoms with Gasteiger partial charge in [0.25, 0.3) is 11.5 Å². The van der Waals surface area contributed by atoms with Crippen molar-refractivity contribution in [3.05, 3.63) is 70.7 Å². The molecule has 3 fully saturated rings. The fourth-order valence-corrected chi connectivity index (χ4v) is 10.5. The van der Waals surface area contributed by atoms with Crippen LogP contribution in [0.3, 0.4) is 0 Å². The molecule has 0 radical (unpaired) electrons. The number of hydrogen-bond donors (Lipinski definition) is 9. The second-order valence-electron chi connectivity index (χ2n) is 15.8. The van der Waals surface area contributed by atoms with Gasteiger partial charge in [0, 0.05) is 36.7 Å². The van der Waals surface area contributed by atoms with Gasteiger partial charge >= 0.3 is 19.6 Å². The lowest BCUT2D eigenvalue weighted by molar-refractivity contribution is -0.130. The summed E-state index contributed by atoms with van der Waals surface area (Å²) >= 11 is 9.54. The summed E-state index contributed by atoms with van der Waals surface area (Å²) in [5.74, 6) is -3.09. The summed E-state index contributed by atoms with van der Waals surface area (Å²) < 4.78 is 50.3. The van der Waals surface area contributed by atoms with Gasteiger partial charge in [-0.05, 0) is 42.7 Å². The Kier molecular flexibility index (Phi) is 15.2. The van der Waals surface area contributed by atoms with Gasteiger partial charge in [0.1, 0.15) is 42.8 Å². The molecule has 5 unspecified atom stereocenters. The molecule has 3 aliphatic rings. The molecular formula is C37H46N10O15P2S2. The Morgan fingerprint density at radius 3 is 2.55 bits per heavy atom. The monoisotopic (exact) mass is 996 g/mol. The molecule has 1 aromatic carbocycles. The van der Waals surface area contributed by atoms with E-state index in [4.69, 9.17) is 44.5 Å². The zero-order chi connectivity index (χ0) is 47.5. The SMILES string of the molecule is CC(NC(=O)C(NC(=O)O)C(C)C)C(=O)NCc1ccccc1C(=O)Nc1nc2c(ncn2[C@@H]2OC3COP(O)(=S)O[C@H]4C[C@H](Oc5ccncn5)C[C@@H]4COP(=O)(S)O[C@@H]2[C@@H]3O)c(=O)[nH]1. The number of ether oxygens (including phenoxy) is 2. The van der Waals surface area contributed by atoms with Crippen molar-refractivity contribution < 1.29 is 66.4 Å².